The minimum atomic E-state index is -0.836. The molecule has 2 N–H and O–H groups in total. The zero-order valence-corrected chi connectivity index (χ0v) is 10.5. The summed E-state index contributed by atoms with van der Waals surface area (Å²) in [4.78, 5) is 25.2. The van der Waals surface area contributed by atoms with Crippen LogP contribution in [0.25, 0.3) is 0 Å². The topological polar surface area (TPSA) is 77.8 Å². The summed E-state index contributed by atoms with van der Waals surface area (Å²) < 4.78 is 0. The van der Waals surface area contributed by atoms with E-state index in [2.05, 4.69) is 0 Å². The lowest BCUT2D eigenvalue weighted by molar-refractivity contribution is -0.148. The van der Waals surface area contributed by atoms with Gasteiger partial charge in [-0.1, -0.05) is 6.42 Å². The Kier molecular flexibility index (Phi) is 4.22. The molecule has 5 heteroatoms. The molecule has 18 heavy (non-hydrogen) atoms. The normalized spacial score (nSPS) is 31.8. The fourth-order valence-corrected chi connectivity index (χ4v) is 3.24. The molecule has 1 aliphatic heterocycles. The monoisotopic (exact) mass is 255 g/mol. The second kappa shape index (κ2) is 5.69. The molecule has 1 amide bonds. The molecule has 0 aromatic heterocycles. The zero-order chi connectivity index (χ0) is 13.1. The van der Waals surface area contributed by atoms with Crippen molar-refractivity contribution in [2.45, 2.75) is 32.1 Å². The van der Waals surface area contributed by atoms with Crippen molar-refractivity contribution in [2.24, 2.45) is 17.8 Å². The molecule has 1 aliphatic carbocycles. The first kappa shape index (κ1) is 13.3. The molecule has 2 rings (SSSR count). The summed E-state index contributed by atoms with van der Waals surface area (Å²) in [5.74, 6) is -1.26. The summed E-state index contributed by atoms with van der Waals surface area (Å²) >= 11 is 0. The summed E-state index contributed by atoms with van der Waals surface area (Å²) in [7, 11) is 0. The number of hydrogen-bond donors (Lipinski definition) is 2. The van der Waals surface area contributed by atoms with Gasteiger partial charge in [-0.3, -0.25) is 9.59 Å². The van der Waals surface area contributed by atoms with Gasteiger partial charge in [0.05, 0.1) is 11.8 Å². The van der Waals surface area contributed by atoms with E-state index in [1.807, 2.05) is 0 Å². The molecular weight excluding hydrogens is 234 g/mol. The average Bonchev–Trinajstić information content (AvgIpc) is 2.96. The predicted octanol–water partition coefficient (Wildman–Crippen LogP) is 0.718. The van der Waals surface area contributed by atoms with Crippen molar-refractivity contribution in [2.75, 3.05) is 19.7 Å². The fourth-order valence-electron chi connectivity index (χ4n) is 3.24. The molecule has 5 nitrogen and oxygen atoms in total. The van der Waals surface area contributed by atoms with Crippen LogP contribution in [0.3, 0.4) is 0 Å². The van der Waals surface area contributed by atoms with E-state index in [1.165, 1.54) is 0 Å². The molecule has 0 aromatic carbocycles. The van der Waals surface area contributed by atoms with Gasteiger partial charge in [0, 0.05) is 19.7 Å². The Balaban J connectivity index is 1.93. The Morgan fingerprint density at radius 2 is 1.89 bits per heavy atom. The Bertz CT molecular complexity index is 331. The molecule has 0 aromatic rings. The number of aliphatic carboxylic acids is 1. The van der Waals surface area contributed by atoms with Crippen molar-refractivity contribution in [1.82, 2.24) is 4.90 Å². The maximum absolute atomic E-state index is 12.3. The number of carboxylic acid groups (broad SMARTS) is 1. The van der Waals surface area contributed by atoms with Crippen molar-refractivity contribution in [1.29, 1.82) is 0 Å². The van der Waals surface area contributed by atoms with Crippen LogP contribution in [0, 0.1) is 17.8 Å². The molecule has 1 heterocycles. The number of likely N-dealkylation sites (tertiary alicyclic amines) is 1. The Morgan fingerprint density at radius 1 is 1.17 bits per heavy atom. The quantitative estimate of drug-likeness (QED) is 0.776. The van der Waals surface area contributed by atoms with Crippen molar-refractivity contribution in [3.05, 3.63) is 0 Å². The second-order valence-corrected chi connectivity index (χ2v) is 5.43. The minimum absolute atomic E-state index is 0.0142. The highest BCUT2D eigenvalue weighted by atomic mass is 16.4. The molecule has 2 fully saturated rings. The van der Waals surface area contributed by atoms with Crippen LogP contribution in [-0.2, 0) is 9.59 Å². The largest absolute Gasteiger partial charge is 0.481 e. The highest BCUT2D eigenvalue weighted by Gasteiger charge is 2.41. The first-order chi connectivity index (χ1) is 8.63. The van der Waals surface area contributed by atoms with Crippen molar-refractivity contribution in [3.8, 4) is 0 Å². The second-order valence-electron chi connectivity index (χ2n) is 5.43. The number of carbonyl (C=O) groups is 2. The van der Waals surface area contributed by atoms with E-state index >= 15 is 0 Å². The standard InChI is InChI=1S/C13H21NO4/c15-7-5-9-4-6-14(8-9)12(16)10-2-1-3-11(10)13(17)18/h9-11,15H,1-8H2,(H,17,18)/t9?,10-,11+/m1/s1. The van der Waals surface area contributed by atoms with Crippen molar-refractivity contribution in [3.63, 3.8) is 0 Å². The van der Waals surface area contributed by atoms with Crippen molar-refractivity contribution >= 4 is 11.9 Å². The van der Waals surface area contributed by atoms with Crippen LogP contribution in [-0.4, -0.2) is 46.7 Å². The third-order valence-corrected chi connectivity index (χ3v) is 4.29. The number of aliphatic hydroxyl groups is 1. The maximum Gasteiger partial charge on any atom is 0.307 e. The average molecular weight is 255 g/mol. The molecule has 1 saturated heterocycles. The van der Waals surface area contributed by atoms with Gasteiger partial charge in [0.1, 0.15) is 0 Å². The van der Waals surface area contributed by atoms with Crippen LogP contribution in [0.2, 0.25) is 0 Å². The number of amides is 1. The summed E-state index contributed by atoms with van der Waals surface area (Å²) in [6.07, 6.45) is 3.82. The van der Waals surface area contributed by atoms with Gasteiger partial charge in [0.15, 0.2) is 0 Å². The summed E-state index contributed by atoms with van der Waals surface area (Å²) in [6.45, 7) is 1.56. The number of nitrogens with zero attached hydrogens (tertiary/aromatic N) is 1. The molecular formula is C13H21NO4. The van der Waals surface area contributed by atoms with E-state index < -0.39 is 11.9 Å². The molecule has 2 aliphatic rings. The van der Waals surface area contributed by atoms with E-state index in [9.17, 15) is 9.59 Å². The zero-order valence-electron chi connectivity index (χ0n) is 10.5. The van der Waals surface area contributed by atoms with Crippen LogP contribution in [0.4, 0.5) is 0 Å². The van der Waals surface area contributed by atoms with E-state index in [0.717, 1.165) is 19.3 Å². The van der Waals surface area contributed by atoms with Gasteiger partial charge in [-0.05, 0) is 31.6 Å². The summed E-state index contributed by atoms with van der Waals surface area (Å²) in [6, 6.07) is 0. The fraction of sp³-hybridized carbons (Fsp3) is 0.846. The van der Waals surface area contributed by atoms with Crippen LogP contribution in [0.15, 0.2) is 0 Å². The number of carbonyl (C=O) groups excluding carboxylic acids is 1. The first-order valence-electron chi connectivity index (χ1n) is 6.76. The van der Waals surface area contributed by atoms with Gasteiger partial charge in [-0.25, -0.2) is 0 Å². The molecule has 3 atom stereocenters. The van der Waals surface area contributed by atoms with Crippen LogP contribution >= 0.6 is 0 Å². The SMILES string of the molecule is O=C(O)[C@H]1CCC[C@H]1C(=O)N1CCC(CCO)C1. The van der Waals surface area contributed by atoms with Crippen LogP contribution < -0.4 is 0 Å². The number of aliphatic hydroxyl groups excluding tert-OH is 1. The number of hydrogen-bond acceptors (Lipinski definition) is 3. The lowest BCUT2D eigenvalue weighted by atomic mass is 9.95. The molecule has 0 spiro atoms. The van der Waals surface area contributed by atoms with Crippen LogP contribution in [0.5, 0.6) is 0 Å². The van der Waals surface area contributed by atoms with E-state index in [1.54, 1.807) is 4.90 Å². The maximum atomic E-state index is 12.3. The van der Waals surface area contributed by atoms with Gasteiger partial charge in [0.2, 0.25) is 5.91 Å². The Morgan fingerprint density at radius 3 is 2.56 bits per heavy atom. The smallest absolute Gasteiger partial charge is 0.307 e. The molecule has 0 radical (unpaired) electrons. The van der Waals surface area contributed by atoms with E-state index in [4.69, 9.17) is 10.2 Å². The van der Waals surface area contributed by atoms with Gasteiger partial charge in [0.25, 0.3) is 0 Å². The summed E-state index contributed by atoms with van der Waals surface area (Å²) in [5.41, 5.74) is 0. The molecule has 1 unspecified atom stereocenters. The van der Waals surface area contributed by atoms with Gasteiger partial charge in [-0.15, -0.1) is 0 Å². The highest BCUT2D eigenvalue weighted by Crippen LogP contribution is 2.34. The highest BCUT2D eigenvalue weighted by molar-refractivity contribution is 5.85. The van der Waals surface area contributed by atoms with E-state index in [0.29, 0.717) is 31.8 Å². The molecule has 102 valence electrons. The third kappa shape index (κ3) is 2.66. The predicted molar refractivity (Wildman–Crippen MR) is 64.9 cm³/mol. The Labute approximate surface area is 107 Å². The lowest BCUT2D eigenvalue weighted by Crippen LogP contribution is -2.38. The first-order valence-corrected chi connectivity index (χ1v) is 6.76. The minimum Gasteiger partial charge on any atom is -0.481 e. The lowest BCUT2D eigenvalue weighted by Gasteiger charge is -2.23. The molecule has 0 bridgehead atoms. The number of rotatable bonds is 4. The van der Waals surface area contributed by atoms with Gasteiger partial charge < -0.3 is 15.1 Å². The van der Waals surface area contributed by atoms with E-state index in [-0.39, 0.29) is 18.4 Å². The van der Waals surface area contributed by atoms with Gasteiger partial charge in [-0.2, -0.15) is 0 Å². The summed E-state index contributed by atoms with van der Waals surface area (Å²) in [5, 5.41) is 18.0. The third-order valence-electron chi connectivity index (χ3n) is 4.29. The Hall–Kier alpha value is -1.10. The van der Waals surface area contributed by atoms with Crippen LogP contribution in [0.1, 0.15) is 32.1 Å². The van der Waals surface area contributed by atoms with Crippen molar-refractivity contribution < 1.29 is 19.8 Å². The number of carboxylic acids is 1. The molecule has 1 saturated carbocycles. The van der Waals surface area contributed by atoms with Gasteiger partial charge >= 0.3 is 5.97 Å².